The van der Waals surface area contributed by atoms with Crippen molar-refractivity contribution in [2.45, 2.75) is 75.5 Å². The van der Waals surface area contributed by atoms with Crippen LogP contribution < -0.4 is 33.2 Å². The third kappa shape index (κ3) is 13.2. The van der Waals surface area contributed by atoms with E-state index in [1.165, 1.54) is 0 Å². The number of nitrogens with one attached hydrogen (secondary N) is 3. The minimum absolute atomic E-state index is 0.0943. The van der Waals surface area contributed by atoms with Gasteiger partial charge in [0.25, 0.3) is 0 Å². The monoisotopic (exact) mass is 552 g/mol. The van der Waals surface area contributed by atoms with Crippen LogP contribution in [0.2, 0.25) is 0 Å². The van der Waals surface area contributed by atoms with E-state index >= 15 is 0 Å². The molecule has 214 valence electrons. The Balaban J connectivity index is 2.98. The van der Waals surface area contributed by atoms with Crippen molar-refractivity contribution < 1.29 is 24.3 Å². The number of thioether (sulfide) groups is 1. The van der Waals surface area contributed by atoms with Gasteiger partial charge in [-0.2, -0.15) is 11.8 Å². The van der Waals surface area contributed by atoms with Crippen LogP contribution in [0.1, 0.15) is 50.5 Å². The highest BCUT2D eigenvalue weighted by atomic mass is 32.2. The molecule has 0 saturated heterocycles. The summed E-state index contributed by atoms with van der Waals surface area (Å²) in [6, 6.07) is 5.13. The molecule has 38 heavy (non-hydrogen) atoms. The Morgan fingerprint density at radius 1 is 0.789 bits per heavy atom. The third-order valence-electron chi connectivity index (χ3n) is 6.03. The number of unbranched alkanes of at least 4 members (excludes halogenated alkanes) is 2. The van der Waals surface area contributed by atoms with Gasteiger partial charge in [-0.25, -0.2) is 4.79 Å². The Morgan fingerprint density at radius 2 is 1.29 bits per heavy atom. The Kier molecular flexibility index (Phi) is 17.0. The molecule has 0 radical (unpaired) electrons. The molecule has 0 saturated carbocycles. The van der Waals surface area contributed by atoms with Crippen molar-refractivity contribution in [1.29, 1.82) is 0 Å². The highest BCUT2D eigenvalue weighted by Crippen LogP contribution is 2.09. The Hall–Kier alpha value is -2.67. The number of nitrogens with two attached hydrogens (primary N) is 3. The fourth-order valence-corrected chi connectivity index (χ4v) is 4.26. The molecule has 0 aliphatic heterocycles. The fraction of sp³-hybridized carbons (Fsp3) is 0.615. The van der Waals surface area contributed by atoms with Gasteiger partial charge in [-0.05, 0) is 75.6 Å². The summed E-state index contributed by atoms with van der Waals surface area (Å²) in [6.45, 7) is 0.859. The minimum Gasteiger partial charge on any atom is -0.480 e. The molecule has 0 heterocycles. The number of aliphatic carboxylic acids is 1. The lowest BCUT2D eigenvalue weighted by atomic mass is 10.0. The van der Waals surface area contributed by atoms with Crippen molar-refractivity contribution in [2.24, 2.45) is 17.2 Å². The summed E-state index contributed by atoms with van der Waals surface area (Å²) in [5.74, 6) is -2.06. The molecule has 11 nitrogen and oxygen atoms in total. The van der Waals surface area contributed by atoms with Gasteiger partial charge >= 0.3 is 5.97 Å². The third-order valence-corrected chi connectivity index (χ3v) is 6.67. The summed E-state index contributed by atoms with van der Waals surface area (Å²) >= 11 is 1.57. The molecule has 0 fully saturated rings. The van der Waals surface area contributed by atoms with Crippen LogP contribution in [0.5, 0.6) is 0 Å². The van der Waals surface area contributed by atoms with Crippen LogP contribution in [0.25, 0.3) is 0 Å². The van der Waals surface area contributed by atoms with Gasteiger partial charge in [0.05, 0.1) is 6.04 Å². The summed E-state index contributed by atoms with van der Waals surface area (Å²) in [6.07, 6.45) is 5.51. The number of carboxylic acid groups (broad SMARTS) is 1. The molecule has 0 aliphatic carbocycles. The Morgan fingerprint density at radius 3 is 1.76 bits per heavy atom. The average molecular weight is 553 g/mol. The highest BCUT2D eigenvalue weighted by Gasteiger charge is 2.30. The zero-order valence-electron chi connectivity index (χ0n) is 22.2. The van der Waals surface area contributed by atoms with Crippen LogP contribution in [0.3, 0.4) is 0 Å². The van der Waals surface area contributed by atoms with Crippen LogP contribution in [0, 0.1) is 0 Å². The molecule has 3 amide bonds. The van der Waals surface area contributed by atoms with E-state index in [2.05, 4.69) is 16.0 Å². The lowest BCUT2D eigenvalue weighted by Gasteiger charge is -2.25. The van der Waals surface area contributed by atoms with Gasteiger partial charge < -0.3 is 38.3 Å². The van der Waals surface area contributed by atoms with E-state index in [9.17, 15) is 24.3 Å². The van der Waals surface area contributed by atoms with Gasteiger partial charge in [0.15, 0.2) is 0 Å². The maximum Gasteiger partial charge on any atom is 0.326 e. The van der Waals surface area contributed by atoms with E-state index in [0.717, 1.165) is 5.56 Å². The number of hydrogen-bond acceptors (Lipinski definition) is 8. The van der Waals surface area contributed by atoms with E-state index in [1.54, 1.807) is 36.0 Å². The highest BCUT2D eigenvalue weighted by molar-refractivity contribution is 7.98. The molecule has 1 aromatic rings. The first-order chi connectivity index (χ1) is 18.2. The zero-order valence-corrected chi connectivity index (χ0v) is 23.0. The second-order valence-corrected chi connectivity index (χ2v) is 10.2. The molecule has 0 aromatic heterocycles. The van der Waals surface area contributed by atoms with Crippen molar-refractivity contribution in [2.75, 3.05) is 25.1 Å². The summed E-state index contributed by atoms with van der Waals surface area (Å²) < 4.78 is 0. The minimum atomic E-state index is -1.18. The lowest BCUT2D eigenvalue weighted by molar-refractivity contribution is -0.142. The predicted molar refractivity (Wildman–Crippen MR) is 150 cm³/mol. The van der Waals surface area contributed by atoms with Gasteiger partial charge in [-0.1, -0.05) is 30.3 Å². The van der Waals surface area contributed by atoms with Gasteiger partial charge in [0.2, 0.25) is 17.7 Å². The van der Waals surface area contributed by atoms with Crippen molar-refractivity contribution in [3.8, 4) is 0 Å². The summed E-state index contributed by atoms with van der Waals surface area (Å²) in [5, 5.41) is 17.7. The van der Waals surface area contributed by atoms with Crippen molar-refractivity contribution >= 4 is 35.5 Å². The second-order valence-electron chi connectivity index (χ2n) is 9.17. The van der Waals surface area contributed by atoms with Gasteiger partial charge in [0.1, 0.15) is 18.1 Å². The number of hydrogen-bond donors (Lipinski definition) is 7. The second kappa shape index (κ2) is 19.4. The molecule has 0 bridgehead atoms. The molecular weight excluding hydrogens is 508 g/mol. The van der Waals surface area contributed by atoms with Crippen LogP contribution in [-0.4, -0.2) is 78.1 Å². The Labute approximate surface area is 229 Å². The molecule has 0 aliphatic rings. The van der Waals surface area contributed by atoms with E-state index in [0.29, 0.717) is 57.4 Å². The lowest BCUT2D eigenvalue weighted by Crippen LogP contribution is -2.57. The van der Waals surface area contributed by atoms with Gasteiger partial charge in [-0.15, -0.1) is 0 Å². The number of carboxylic acids is 1. The van der Waals surface area contributed by atoms with Gasteiger partial charge in [0, 0.05) is 6.42 Å². The SMILES string of the molecule is CSCCC(N)C(=O)NC(CCCCN)C(=O)NC(CCCCN)C(=O)NC(Cc1ccccc1)C(=O)O. The largest absolute Gasteiger partial charge is 0.480 e. The van der Waals surface area contributed by atoms with E-state index < -0.39 is 47.9 Å². The topological polar surface area (TPSA) is 203 Å². The molecular formula is C26H44N6O5S. The van der Waals surface area contributed by atoms with Crippen molar-refractivity contribution in [3.63, 3.8) is 0 Å². The van der Waals surface area contributed by atoms with E-state index in [1.807, 2.05) is 12.3 Å². The van der Waals surface area contributed by atoms with Crippen molar-refractivity contribution in [1.82, 2.24) is 16.0 Å². The van der Waals surface area contributed by atoms with E-state index in [4.69, 9.17) is 17.2 Å². The number of rotatable bonds is 20. The van der Waals surface area contributed by atoms with Crippen LogP contribution in [0.4, 0.5) is 0 Å². The molecule has 12 heteroatoms. The normalized spacial score (nSPS) is 14.1. The predicted octanol–water partition coefficient (Wildman–Crippen LogP) is 0.107. The van der Waals surface area contributed by atoms with Crippen LogP contribution in [-0.2, 0) is 25.6 Å². The molecule has 4 atom stereocenters. The maximum absolute atomic E-state index is 13.2. The molecule has 0 spiro atoms. The summed E-state index contributed by atoms with van der Waals surface area (Å²) in [5.41, 5.74) is 17.9. The van der Waals surface area contributed by atoms with Crippen LogP contribution in [0.15, 0.2) is 30.3 Å². The first-order valence-corrected chi connectivity index (χ1v) is 14.4. The summed E-state index contributed by atoms with van der Waals surface area (Å²) in [4.78, 5) is 50.9. The standard InChI is InChI=1S/C26H44N6O5S/c1-38-16-13-19(29)23(33)30-20(11-5-7-14-27)24(34)31-21(12-6-8-15-28)25(35)32-22(26(36)37)17-18-9-3-2-4-10-18/h2-4,9-10,19-22H,5-8,11-17,27-29H2,1H3,(H,30,33)(H,31,34)(H,32,35)(H,36,37). The maximum atomic E-state index is 13.2. The smallest absolute Gasteiger partial charge is 0.326 e. The number of benzene rings is 1. The zero-order chi connectivity index (χ0) is 28.3. The van der Waals surface area contributed by atoms with E-state index in [-0.39, 0.29) is 12.8 Å². The quantitative estimate of drug-likeness (QED) is 0.110. The molecule has 4 unspecified atom stereocenters. The molecule has 1 aromatic carbocycles. The molecule has 1 rings (SSSR count). The van der Waals surface area contributed by atoms with Crippen molar-refractivity contribution in [3.05, 3.63) is 35.9 Å². The number of carbonyl (C=O) groups excluding carboxylic acids is 3. The molecule has 10 N–H and O–H groups in total. The number of carbonyl (C=O) groups is 4. The first kappa shape index (κ1) is 33.4. The first-order valence-electron chi connectivity index (χ1n) is 13.1. The average Bonchev–Trinajstić information content (AvgIpc) is 2.90. The number of amides is 3. The Bertz CT molecular complexity index is 860. The fourth-order valence-electron chi connectivity index (χ4n) is 3.77. The summed E-state index contributed by atoms with van der Waals surface area (Å²) in [7, 11) is 0. The van der Waals surface area contributed by atoms with Gasteiger partial charge in [-0.3, -0.25) is 14.4 Å². The van der Waals surface area contributed by atoms with Crippen LogP contribution >= 0.6 is 11.8 Å².